The number of carbonyl (C=O) groups excluding carboxylic acids is 2. The summed E-state index contributed by atoms with van der Waals surface area (Å²) in [5.41, 5.74) is 0.977. The predicted octanol–water partition coefficient (Wildman–Crippen LogP) is 2.77. The zero-order valence-electron chi connectivity index (χ0n) is 14.9. The number of hydrogen-bond donors (Lipinski definition) is 0. The Hall–Kier alpha value is -3.19. The van der Waals surface area contributed by atoms with Crippen molar-refractivity contribution in [2.45, 2.75) is 11.3 Å². The summed E-state index contributed by atoms with van der Waals surface area (Å²) in [6, 6.07) is 19.5. The van der Waals surface area contributed by atoms with Crippen molar-refractivity contribution in [3.63, 3.8) is 0 Å². The van der Waals surface area contributed by atoms with Gasteiger partial charge in [-0.25, -0.2) is 12.7 Å². The molecule has 0 spiro atoms. The number of fused-ring (bicyclic) bond motifs is 2. The maximum absolute atomic E-state index is 12.5. The largest absolute Gasteiger partial charge is 0.463 e. The van der Waals surface area contributed by atoms with Gasteiger partial charge in [0.1, 0.15) is 11.5 Å². The molecule has 0 unspecified atom stereocenters. The SMILES string of the molecule is O=C(Cc1cccc2ccccc12)OCCN1C(=O)c2ccccc2S1(=O)=O. The van der Waals surface area contributed by atoms with Crippen LogP contribution in [0.25, 0.3) is 10.8 Å². The minimum atomic E-state index is -3.89. The Kier molecular flexibility index (Phi) is 4.60. The molecule has 0 aliphatic carbocycles. The van der Waals surface area contributed by atoms with E-state index in [0.29, 0.717) is 0 Å². The summed E-state index contributed by atoms with van der Waals surface area (Å²) in [5.74, 6) is -1.07. The van der Waals surface area contributed by atoms with Crippen LogP contribution >= 0.6 is 0 Å². The molecule has 3 aromatic rings. The molecular weight excluding hydrogens is 378 g/mol. The van der Waals surface area contributed by atoms with Gasteiger partial charge in [-0.05, 0) is 28.5 Å². The molecule has 7 heteroatoms. The molecule has 1 heterocycles. The first kappa shape index (κ1) is 18.2. The van der Waals surface area contributed by atoms with Gasteiger partial charge in [0.25, 0.3) is 15.9 Å². The van der Waals surface area contributed by atoms with Crippen molar-refractivity contribution in [1.82, 2.24) is 4.31 Å². The van der Waals surface area contributed by atoms with Crippen LogP contribution in [0.1, 0.15) is 15.9 Å². The quantitative estimate of drug-likeness (QED) is 0.621. The first-order chi connectivity index (χ1) is 13.5. The zero-order chi connectivity index (χ0) is 19.7. The Morgan fingerprint density at radius 1 is 0.929 bits per heavy atom. The van der Waals surface area contributed by atoms with Gasteiger partial charge in [0.15, 0.2) is 0 Å². The van der Waals surface area contributed by atoms with Gasteiger partial charge in [-0.1, -0.05) is 54.6 Å². The fourth-order valence-corrected chi connectivity index (χ4v) is 4.90. The smallest absolute Gasteiger partial charge is 0.310 e. The van der Waals surface area contributed by atoms with Crippen LogP contribution < -0.4 is 0 Å². The van der Waals surface area contributed by atoms with Crippen molar-refractivity contribution >= 4 is 32.7 Å². The van der Waals surface area contributed by atoms with Crippen LogP contribution in [0.5, 0.6) is 0 Å². The van der Waals surface area contributed by atoms with Gasteiger partial charge in [-0.2, -0.15) is 0 Å². The highest BCUT2D eigenvalue weighted by Crippen LogP contribution is 2.29. The van der Waals surface area contributed by atoms with E-state index in [1.165, 1.54) is 12.1 Å². The molecule has 0 saturated heterocycles. The fraction of sp³-hybridized carbons (Fsp3) is 0.143. The van der Waals surface area contributed by atoms with E-state index in [9.17, 15) is 18.0 Å². The van der Waals surface area contributed by atoms with Gasteiger partial charge in [0.2, 0.25) is 0 Å². The second kappa shape index (κ2) is 7.09. The number of ether oxygens (including phenoxy) is 1. The molecule has 1 amide bonds. The molecular formula is C21H17NO5S. The van der Waals surface area contributed by atoms with E-state index in [0.717, 1.165) is 20.6 Å². The molecule has 0 aromatic heterocycles. The first-order valence-corrected chi connectivity index (χ1v) is 10.2. The number of sulfonamides is 1. The third kappa shape index (κ3) is 3.14. The third-order valence-corrected chi connectivity index (χ3v) is 6.52. The summed E-state index contributed by atoms with van der Waals surface area (Å²) < 4.78 is 30.9. The number of carbonyl (C=O) groups is 2. The average Bonchev–Trinajstić information content (AvgIpc) is 2.89. The van der Waals surface area contributed by atoms with Gasteiger partial charge < -0.3 is 4.74 Å². The minimum absolute atomic E-state index is 0.0120. The van der Waals surface area contributed by atoms with Crippen LogP contribution in [0.2, 0.25) is 0 Å². The highest BCUT2D eigenvalue weighted by Gasteiger charge is 2.40. The van der Waals surface area contributed by atoms with Gasteiger partial charge in [-0.15, -0.1) is 0 Å². The summed E-state index contributed by atoms with van der Waals surface area (Å²) in [7, 11) is -3.89. The molecule has 0 fully saturated rings. The topological polar surface area (TPSA) is 80.8 Å². The number of nitrogens with zero attached hydrogens (tertiary/aromatic N) is 1. The molecule has 3 aromatic carbocycles. The van der Waals surface area contributed by atoms with Crippen molar-refractivity contribution in [2.75, 3.05) is 13.2 Å². The van der Waals surface area contributed by atoms with E-state index < -0.39 is 21.9 Å². The molecule has 142 valence electrons. The number of amides is 1. The lowest BCUT2D eigenvalue weighted by Crippen LogP contribution is -2.33. The van der Waals surface area contributed by atoms with Crippen molar-refractivity contribution in [1.29, 1.82) is 0 Å². The van der Waals surface area contributed by atoms with Crippen molar-refractivity contribution in [3.8, 4) is 0 Å². The van der Waals surface area contributed by atoms with Crippen LogP contribution in [0.4, 0.5) is 0 Å². The van der Waals surface area contributed by atoms with Crippen LogP contribution in [0.15, 0.2) is 71.6 Å². The first-order valence-electron chi connectivity index (χ1n) is 8.77. The van der Waals surface area contributed by atoms with Crippen LogP contribution in [0.3, 0.4) is 0 Å². The standard InChI is InChI=1S/C21H17NO5S/c23-20(14-16-8-5-7-15-6-1-2-9-17(15)16)27-13-12-22-21(24)18-10-3-4-11-19(18)28(22,25)26/h1-11H,12-14H2. The molecule has 0 radical (unpaired) electrons. The lowest BCUT2D eigenvalue weighted by atomic mass is 10.0. The lowest BCUT2D eigenvalue weighted by molar-refractivity contribution is -0.142. The highest BCUT2D eigenvalue weighted by molar-refractivity contribution is 7.90. The molecule has 1 aliphatic heterocycles. The van der Waals surface area contributed by atoms with Gasteiger partial charge in [-0.3, -0.25) is 9.59 Å². The molecule has 4 rings (SSSR count). The molecule has 28 heavy (non-hydrogen) atoms. The Morgan fingerprint density at radius 3 is 2.46 bits per heavy atom. The summed E-state index contributed by atoms with van der Waals surface area (Å²) in [4.78, 5) is 24.5. The van der Waals surface area contributed by atoms with E-state index in [1.807, 2.05) is 42.5 Å². The molecule has 0 bridgehead atoms. The predicted molar refractivity (Wildman–Crippen MR) is 103 cm³/mol. The number of hydrogen-bond acceptors (Lipinski definition) is 5. The summed E-state index contributed by atoms with van der Waals surface area (Å²) in [5, 5.41) is 1.99. The van der Waals surface area contributed by atoms with Crippen LogP contribution in [-0.2, 0) is 26.0 Å². The Bertz CT molecular complexity index is 1180. The summed E-state index contributed by atoms with van der Waals surface area (Å²) in [6.07, 6.45) is 0.0717. The van der Waals surface area contributed by atoms with Crippen molar-refractivity contribution in [3.05, 3.63) is 77.9 Å². The Balaban J connectivity index is 1.41. The number of rotatable bonds is 5. The maximum atomic E-state index is 12.5. The van der Waals surface area contributed by atoms with Crippen LogP contribution in [0, 0.1) is 0 Å². The molecule has 0 N–H and O–H groups in total. The number of esters is 1. The highest BCUT2D eigenvalue weighted by atomic mass is 32.2. The molecule has 0 saturated carbocycles. The second-order valence-corrected chi connectivity index (χ2v) is 8.24. The maximum Gasteiger partial charge on any atom is 0.310 e. The Labute approximate surface area is 162 Å². The zero-order valence-corrected chi connectivity index (χ0v) is 15.7. The van der Waals surface area contributed by atoms with E-state index >= 15 is 0 Å². The van der Waals surface area contributed by atoms with Gasteiger partial charge >= 0.3 is 5.97 Å². The monoisotopic (exact) mass is 395 g/mol. The lowest BCUT2D eigenvalue weighted by Gasteiger charge is -2.15. The van der Waals surface area contributed by atoms with Crippen LogP contribution in [-0.4, -0.2) is 37.8 Å². The van der Waals surface area contributed by atoms with Crippen molar-refractivity contribution in [2.24, 2.45) is 0 Å². The molecule has 0 atom stereocenters. The van der Waals surface area contributed by atoms with E-state index in [-0.39, 0.29) is 30.0 Å². The average molecular weight is 395 g/mol. The molecule has 6 nitrogen and oxygen atoms in total. The van der Waals surface area contributed by atoms with E-state index in [4.69, 9.17) is 4.74 Å². The second-order valence-electron chi connectivity index (χ2n) is 6.41. The minimum Gasteiger partial charge on any atom is -0.463 e. The van der Waals surface area contributed by atoms with E-state index in [1.54, 1.807) is 12.1 Å². The Morgan fingerprint density at radius 2 is 1.64 bits per heavy atom. The number of benzene rings is 3. The summed E-state index contributed by atoms with van der Waals surface area (Å²) in [6.45, 7) is -0.403. The molecule has 1 aliphatic rings. The van der Waals surface area contributed by atoms with E-state index in [2.05, 4.69) is 0 Å². The fourth-order valence-electron chi connectivity index (χ4n) is 3.35. The normalized spacial score (nSPS) is 14.9. The van der Waals surface area contributed by atoms with Gasteiger partial charge in [0.05, 0.1) is 18.5 Å². The van der Waals surface area contributed by atoms with Gasteiger partial charge in [0, 0.05) is 0 Å². The summed E-state index contributed by atoms with van der Waals surface area (Å²) >= 11 is 0. The third-order valence-electron chi connectivity index (χ3n) is 4.68. The van der Waals surface area contributed by atoms with Crippen molar-refractivity contribution < 1.29 is 22.7 Å².